The van der Waals surface area contributed by atoms with Gasteiger partial charge >= 0.3 is 0 Å². The summed E-state index contributed by atoms with van der Waals surface area (Å²) in [7, 11) is 2.07. The third-order valence-electron chi connectivity index (χ3n) is 5.95. The smallest absolute Gasteiger partial charge is 0.255 e. The number of aromatic nitrogens is 1. The number of aryl methyl sites for hydroxylation is 1. The number of amides is 1. The Labute approximate surface area is 130 Å². The average molecular weight is 295 g/mol. The van der Waals surface area contributed by atoms with Gasteiger partial charge in [-0.2, -0.15) is 0 Å². The number of carbonyl (C=O) groups is 1. The van der Waals surface area contributed by atoms with Crippen molar-refractivity contribution in [3.8, 4) is 0 Å². The van der Waals surface area contributed by atoms with Crippen LogP contribution in [0.3, 0.4) is 0 Å². The lowest BCUT2D eigenvalue weighted by atomic mass is 9.82. The van der Waals surface area contributed by atoms with Crippen LogP contribution in [0.5, 0.6) is 0 Å². The van der Waals surface area contributed by atoms with E-state index in [0.29, 0.717) is 12.0 Å². The molecule has 4 aliphatic rings. The summed E-state index contributed by atoms with van der Waals surface area (Å²) in [4.78, 5) is 17.8. The van der Waals surface area contributed by atoms with Gasteiger partial charge in [-0.1, -0.05) is 6.07 Å². The van der Waals surface area contributed by atoms with Crippen LogP contribution in [0.1, 0.15) is 28.8 Å². The Hall–Kier alpha value is -1.81. The molecule has 0 unspecified atom stereocenters. The molecule has 3 fully saturated rings. The molecule has 0 N–H and O–H groups in total. The van der Waals surface area contributed by atoms with Crippen LogP contribution in [0.2, 0.25) is 0 Å². The molecule has 1 aromatic heterocycles. The van der Waals surface area contributed by atoms with Crippen molar-refractivity contribution in [2.45, 2.75) is 25.4 Å². The molecule has 4 aliphatic heterocycles. The van der Waals surface area contributed by atoms with Gasteiger partial charge in [0.1, 0.15) is 0 Å². The zero-order valence-corrected chi connectivity index (χ0v) is 13.0. The van der Waals surface area contributed by atoms with Gasteiger partial charge in [-0.3, -0.25) is 4.79 Å². The first kappa shape index (κ1) is 12.7. The van der Waals surface area contributed by atoms with Gasteiger partial charge in [-0.25, -0.2) is 0 Å². The molecule has 5 heterocycles. The Bertz CT molecular complexity index is 770. The first-order chi connectivity index (χ1) is 10.7. The largest absolute Gasteiger partial charge is 0.350 e. The fraction of sp³-hybridized carbons (Fsp3) is 0.500. The molecule has 1 atom stereocenters. The maximum absolute atomic E-state index is 13.1. The van der Waals surface area contributed by atoms with Crippen molar-refractivity contribution in [3.05, 3.63) is 35.5 Å². The normalized spacial score (nSPS) is 30.3. The first-order valence-electron chi connectivity index (χ1n) is 8.32. The number of hydrogen-bond acceptors (Lipinski definition) is 2. The number of fused-ring (bicyclic) bond motifs is 3. The van der Waals surface area contributed by atoms with E-state index in [0.717, 1.165) is 18.7 Å². The molecule has 3 saturated heterocycles. The van der Waals surface area contributed by atoms with Crippen molar-refractivity contribution in [2.75, 3.05) is 19.6 Å². The maximum Gasteiger partial charge on any atom is 0.255 e. The van der Waals surface area contributed by atoms with Crippen LogP contribution in [0.4, 0.5) is 0 Å². The van der Waals surface area contributed by atoms with Crippen LogP contribution >= 0.6 is 0 Å². The lowest BCUT2D eigenvalue weighted by Crippen LogP contribution is -2.58. The molecule has 0 aliphatic carbocycles. The van der Waals surface area contributed by atoms with E-state index in [9.17, 15) is 4.79 Å². The molecular formula is C18H21N3O. The van der Waals surface area contributed by atoms with Gasteiger partial charge in [0.05, 0.1) is 0 Å². The molecule has 4 heteroatoms. The lowest BCUT2D eigenvalue weighted by Gasteiger charge is -2.49. The van der Waals surface area contributed by atoms with E-state index in [1.165, 1.54) is 42.4 Å². The number of carbonyl (C=O) groups excluding carboxylic acids is 1. The Balaban J connectivity index is 1.59. The summed E-state index contributed by atoms with van der Waals surface area (Å²) in [5, 5.41) is 1.17. The van der Waals surface area contributed by atoms with Gasteiger partial charge in [-0.05, 0) is 49.5 Å². The number of benzene rings is 1. The molecule has 4 nitrogen and oxygen atoms in total. The van der Waals surface area contributed by atoms with E-state index < -0.39 is 0 Å². The third-order valence-corrected chi connectivity index (χ3v) is 5.95. The molecule has 1 aromatic carbocycles. The SMILES string of the molecule is Cn1cc2c3c(cccc31)C(=O)N([C@H]1CN3CCC1CC3)C2. The van der Waals surface area contributed by atoms with Gasteiger partial charge in [0.2, 0.25) is 0 Å². The molecule has 2 bridgehead atoms. The molecule has 6 rings (SSSR count). The van der Waals surface area contributed by atoms with E-state index in [-0.39, 0.29) is 5.91 Å². The molecule has 0 radical (unpaired) electrons. The fourth-order valence-corrected chi connectivity index (χ4v) is 4.80. The monoisotopic (exact) mass is 295 g/mol. The molecule has 0 saturated carbocycles. The summed E-state index contributed by atoms with van der Waals surface area (Å²) >= 11 is 0. The van der Waals surface area contributed by atoms with Crippen LogP contribution in [0, 0.1) is 5.92 Å². The van der Waals surface area contributed by atoms with E-state index in [4.69, 9.17) is 0 Å². The van der Waals surface area contributed by atoms with E-state index in [1.54, 1.807) is 0 Å². The Kier molecular flexibility index (Phi) is 2.51. The minimum absolute atomic E-state index is 0.239. The second kappa shape index (κ2) is 4.35. The number of rotatable bonds is 1. The van der Waals surface area contributed by atoms with Gasteiger partial charge in [0.15, 0.2) is 0 Å². The van der Waals surface area contributed by atoms with Crippen molar-refractivity contribution in [2.24, 2.45) is 13.0 Å². The second-order valence-corrected chi connectivity index (χ2v) is 7.10. The predicted octanol–water partition coefficient (Wildman–Crippen LogP) is 2.23. The zero-order valence-electron chi connectivity index (χ0n) is 13.0. The highest BCUT2D eigenvalue weighted by molar-refractivity contribution is 6.09. The van der Waals surface area contributed by atoms with Gasteiger partial charge < -0.3 is 14.4 Å². The van der Waals surface area contributed by atoms with Crippen LogP contribution in [0.15, 0.2) is 24.4 Å². The quantitative estimate of drug-likeness (QED) is 0.807. The zero-order chi connectivity index (χ0) is 14.8. The maximum atomic E-state index is 13.1. The highest BCUT2D eigenvalue weighted by atomic mass is 16.2. The van der Waals surface area contributed by atoms with Crippen molar-refractivity contribution >= 4 is 16.8 Å². The standard InChI is InChI=1S/C18H21N3O/c1-19-9-13-10-21(16-11-20-7-5-12(16)6-8-20)18(22)14-3-2-4-15(19)17(13)14/h2-4,9,12,16H,5-8,10-11H2,1H3/t16-/m0/s1. The summed E-state index contributed by atoms with van der Waals surface area (Å²) in [6.07, 6.45) is 4.70. The summed E-state index contributed by atoms with van der Waals surface area (Å²) < 4.78 is 2.15. The second-order valence-electron chi connectivity index (χ2n) is 7.10. The molecule has 22 heavy (non-hydrogen) atoms. The Morgan fingerprint density at radius 1 is 1.18 bits per heavy atom. The molecule has 0 spiro atoms. The molecular weight excluding hydrogens is 274 g/mol. The predicted molar refractivity (Wildman–Crippen MR) is 85.7 cm³/mol. The average Bonchev–Trinajstić information content (AvgIpc) is 2.89. The minimum Gasteiger partial charge on any atom is -0.350 e. The van der Waals surface area contributed by atoms with Crippen LogP contribution in [-0.2, 0) is 13.6 Å². The number of piperidine rings is 3. The van der Waals surface area contributed by atoms with Crippen LogP contribution < -0.4 is 0 Å². The summed E-state index contributed by atoms with van der Waals surface area (Å²) in [6.45, 7) is 4.28. The number of hydrogen-bond donors (Lipinski definition) is 0. The lowest BCUT2D eigenvalue weighted by molar-refractivity contribution is 0.00407. The fourth-order valence-electron chi connectivity index (χ4n) is 4.80. The minimum atomic E-state index is 0.239. The summed E-state index contributed by atoms with van der Waals surface area (Å²) in [5.41, 5.74) is 3.38. The molecule has 1 amide bonds. The highest BCUT2D eigenvalue weighted by Crippen LogP contribution is 2.37. The van der Waals surface area contributed by atoms with E-state index >= 15 is 0 Å². The highest BCUT2D eigenvalue weighted by Gasteiger charge is 2.41. The number of nitrogens with zero attached hydrogens (tertiary/aromatic N) is 3. The topological polar surface area (TPSA) is 28.5 Å². The van der Waals surface area contributed by atoms with Crippen molar-refractivity contribution in [1.82, 2.24) is 14.4 Å². The Morgan fingerprint density at radius 3 is 2.73 bits per heavy atom. The third kappa shape index (κ3) is 1.59. The van der Waals surface area contributed by atoms with Gasteiger partial charge in [0, 0.05) is 48.8 Å². The molecule has 114 valence electrons. The van der Waals surface area contributed by atoms with Crippen molar-refractivity contribution in [1.29, 1.82) is 0 Å². The van der Waals surface area contributed by atoms with Crippen LogP contribution in [0.25, 0.3) is 10.9 Å². The Morgan fingerprint density at radius 2 is 2.00 bits per heavy atom. The van der Waals surface area contributed by atoms with Crippen molar-refractivity contribution in [3.63, 3.8) is 0 Å². The van der Waals surface area contributed by atoms with Crippen molar-refractivity contribution < 1.29 is 4.79 Å². The van der Waals surface area contributed by atoms with E-state index in [1.807, 2.05) is 12.1 Å². The van der Waals surface area contributed by atoms with Gasteiger partial charge in [-0.15, -0.1) is 0 Å². The van der Waals surface area contributed by atoms with Gasteiger partial charge in [0.25, 0.3) is 5.91 Å². The summed E-state index contributed by atoms with van der Waals surface area (Å²) in [6, 6.07) is 6.53. The van der Waals surface area contributed by atoms with Crippen LogP contribution in [-0.4, -0.2) is 46.0 Å². The first-order valence-corrected chi connectivity index (χ1v) is 8.32. The summed E-state index contributed by atoms with van der Waals surface area (Å²) in [5.74, 6) is 0.932. The molecule has 2 aromatic rings. The van der Waals surface area contributed by atoms with E-state index in [2.05, 4.69) is 33.7 Å².